The first-order valence-corrected chi connectivity index (χ1v) is 16.2. The minimum Gasteiger partial charge on any atom is -0.309 e. The van der Waals surface area contributed by atoms with Crippen LogP contribution in [0.3, 0.4) is 0 Å². The number of nitrogens with zero attached hydrogens (tertiary/aromatic N) is 2. The molecule has 8 aromatic carbocycles. The molecular weight excluding hydrogens is 605 g/mol. The van der Waals surface area contributed by atoms with E-state index in [-0.39, 0.29) is 75.2 Å². The molecule has 0 radical (unpaired) electrons. The van der Waals surface area contributed by atoms with E-state index >= 15 is 0 Å². The van der Waals surface area contributed by atoms with Crippen molar-refractivity contribution in [3.8, 4) is 44.8 Å². The smallest absolute Gasteiger partial charge is 0.0645 e. The highest BCUT2D eigenvalue weighted by Gasteiger charge is 2.18. The Morgan fingerprint density at radius 1 is 0.360 bits per heavy atom. The average molecular weight is 649 g/mol. The molecule has 234 valence electrons. The summed E-state index contributed by atoms with van der Waals surface area (Å²) in [4.78, 5) is 0. The Morgan fingerprint density at radius 2 is 1.02 bits per heavy atom. The highest BCUT2D eigenvalue weighted by atomic mass is 15.0. The standard InChI is InChI=1S/C48H32N2/c1-4-13-33(14-5-1)34-23-27-39(28-24-34)50-46-30-26-37(32-43(46)48-40(20-12-22-47(48)50)35-15-6-2-7-16-35)36-25-29-45-42(31-36)41-19-10-11-21-44(41)49(45)38-17-8-3-9-18-38/h1-32H/i2D,6D,7D,10D,11D,15D,16D,19D,21D,25D,29D,31D. The van der Waals surface area contributed by atoms with Gasteiger partial charge in [-0.1, -0.05) is 133 Å². The van der Waals surface area contributed by atoms with Crippen LogP contribution in [0.25, 0.3) is 88.4 Å². The molecule has 0 fully saturated rings. The summed E-state index contributed by atoms with van der Waals surface area (Å²) < 4.78 is 111. The number of aromatic nitrogens is 2. The van der Waals surface area contributed by atoms with Crippen molar-refractivity contribution in [1.82, 2.24) is 9.13 Å². The van der Waals surface area contributed by atoms with E-state index in [1.54, 1.807) is 54.6 Å². The Kier molecular flexibility index (Phi) is 4.32. The van der Waals surface area contributed by atoms with Crippen LogP contribution in [0.5, 0.6) is 0 Å². The van der Waals surface area contributed by atoms with Crippen molar-refractivity contribution in [3.63, 3.8) is 0 Å². The molecule has 0 aliphatic heterocycles. The van der Waals surface area contributed by atoms with Crippen molar-refractivity contribution in [1.29, 1.82) is 0 Å². The molecule has 0 N–H and O–H groups in total. The molecule has 0 bridgehead atoms. The number of benzene rings is 8. The van der Waals surface area contributed by atoms with Gasteiger partial charge in [-0.15, -0.1) is 0 Å². The molecule has 0 aliphatic carbocycles. The second-order valence-electron chi connectivity index (χ2n) is 12.0. The first-order chi connectivity index (χ1) is 29.8. The molecular formula is C48H32N2. The van der Waals surface area contributed by atoms with Crippen LogP contribution in [0.1, 0.15) is 16.4 Å². The molecule has 0 amide bonds. The molecule has 2 nitrogen and oxygen atoms in total. The quantitative estimate of drug-likeness (QED) is 0.176. The second-order valence-corrected chi connectivity index (χ2v) is 12.0. The van der Waals surface area contributed by atoms with Gasteiger partial charge in [0.15, 0.2) is 0 Å². The monoisotopic (exact) mass is 648 g/mol. The molecule has 50 heavy (non-hydrogen) atoms. The van der Waals surface area contributed by atoms with Crippen LogP contribution in [-0.2, 0) is 0 Å². The summed E-state index contributed by atoms with van der Waals surface area (Å²) in [5.74, 6) is 0. The number of para-hydroxylation sites is 2. The highest BCUT2D eigenvalue weighted by molar-refractivity contribution is 6.17. The van der Waals surface area contributed by atoms with E-state index in [1.165, 1.54) is 4.57 Å². The zero-order valence-corrected chi connectivity index (χ0v) is 26.4. The van der Waals surface area contributed by atoms with Crippen LogP contribution in [0.2, 0.25) is 0 Å². The average Bonchev–Trinajstić information content (AvgIpc) is 3.83. The predicted molar refractivity (Wildman–Crippen MR) is 211 cm³/mol. The second kappa shape index (κ2) is 11.5. The first-order valence-electron chi connectivity index (χ1n) is 22.2. The lowest BCUT2D eigenvalue weighted by Gasteiger charge is -2.10. The number of fused-ring (bicyclic) bond motifs is 6. The van der Waals surface area contributed by atoms with Crippen molar-refractivity contribution in [2.24, 2.45) is 0 Å². The molecule has 0 atom stereocenters. The zero-order valence-electron chi connectivity index (χ0n) is 38.4. The summed E-state index contributed by atoms with van der Waals surface area (Å²) in [5.41, 5.74) is 5.75. The molecule has 10 rings (SSSR count). The Hall–Kier alpha value is -6.64. The molecule has 0 saturated heterocycles. The first kappa shape index (κ1) is 18.8. The Labute approximate surface area is 307 Å². The molecule has 0 spiro atoms. The van der Waals surface area contributed by atoms with Crippen molar-refractivity contribution < 1.29 is 16.4 Å². The van der Waals surface area contributed by atoms with Gasteiger partial charge in [0.1, 0.15) is 0 Å². The molecule has 0 unspecified atom stereocenters. The number of hydrogen-bond donors (Lipinski definition) is 0. The molecule has 2 heteroatoms. The minimum atomic E-state index is -0.509. The summed E-state index contributed by atoms with van der Waals surface area (Å²) in [5, 5.41) is 1.32. The lowest BCUT2D eigenvalue weighted by molar-refractivity contribution is 1.18. The van der Waals surface area contributed by atoms with Crippen LogP contribution in [-0.4, -0.2) is 9.13 Å². The fraction of sp³-hybridized carbons (Fsp3) is 0. The maximum absolute atomic E-state index is 9.78. The summed E-state index contributed by atoms with van der Waals surface area (Å²) in [7, 11) is 0. The Morgan fingerprint density at radius 3 is 1.84 bits per heavy atom. The summed E-state index contributed by atoms with van der Waals surface area (Å²) in [6.07, 6.45) is 0. The summed E-state index contributed by atoms with van der Waals surface area (Å²) in [6.45, 7) is 0. The van der Waals surface area contributed by atoms with E-state index in [0.717, 1.165) is 16.8 Å². The highest BCUT2D eigenvalue weighted by Crippen LogP contribution is 2.41. The van der Waals surface area contributed by atoms with Crippen molar-refractivity contribution in [2.45, 2.75) is 0 Å². The van der Waals surface area contributed by atoms with Gasteiger partial charge in [0.2, 0.25) is 0 Å². The fourth-order valence-electron chi connectivity index (χ4n) is 7.02. The normalized spacial score (nSPS) is 15.0. The minimum absolute atomic E-state index is 0.0190. The molecule has 2 aromatic heterocycles. The molecule has 0 saturated carbocycles. The van der Waals surface area contributed by atoms with Gasteiger partial charge < -0.3 is 9.13 Å². The van der Waals surface area contributed by atoms with Gasteiger partial charge in [0.25, 0.3) is 0 Å². The van der Waals surface area contributed by atoms with Crippen molar-refractivity contribution in [2.75, 3.05) is 0 Å². The van der Waals surface area contributed by atoms with E-state index in [0.29, 0.717) is 38.6 Å². The largest absolute Gasteiger partial charge is 0.309 e. The van der Waals surface area contributed by atoms with Gasteiger partial charge in [0.05, 0.1) is 38.5 Å². The van der Waals surface area contributed by atoms with Gasteiger partial charge in [0, 0.05) is 32.9 Å². The lowest BCUT2D eigenvalue weighted by Crippen LogP contribution is -1.94. The maximum atomic E-state index is 9.78. The molecule has 0 aliphatic rings. The van der Waals surface area contributed by atoms with E-state index in [1.807, 2.05) is 71.3 Å². The fourth-order valence-corrected chi connectivity index (χ4v) is 7.02. The molecule has 10 aromatic rings. The van der Waals surface area contributed by atoms with E-state index in [9.17, 15) is 4.11 Å². The van der Waals surface area contributed by atoms with Crippen LogP contribution in [0.4, 0.5) is 0 Å². The summed E-state index contributed by atoms with van der Waals surface area (Å²) in [6, 6.07) is 33.0. The topological polar surface area (TPSA) is 9.86 Å². The third-order valence-corrected chi connectivity index (χ3v) is 9.25. The molecule has 2 heterocycles. The Bertz CT molecular complexity index is 3490. The number of rotatable bonds is 5. The van der Waals surface area contributed by atoms with E-state index in [4.69, 9.17) is 12.3 Å². The van der Waals surface area contributed by atoms with Crippen LogP contribution in [0.15, 0.2) is 194 Å². The summed E-state index contributed by atoms with van der Waals surface area (Å²) >= 11 is 0. The van der Waals surface area contributed by atoms with Crippen LogP contribution >= 0.6 is 0 Å². The van der Waals surface area contributed by atoms with Crippen molar-refractivity contribution in [3.05, 3.63) is 194 Å². The van der Waals surface area contributed by atoms with Crippen LogP contribution < -0.4 is 0 Å². The third-order valence-electron chi connectivity index (χ3n) is 9.25. The lowest BCUT2D eigenvalue weighted by atomic mass is 9.97. The van der Waals surface area contributed by atoms with Gasteiger partial charge in [-0.05, 0) is 94.0 Å². The Balaban J connectivity index is 1.31. The van der Waals surface area contributed by atoms with E-state index in [2.05, 4.69) is 0 Å². The number of hydrogen-bond acceptors (Lipinski definition) is 0. The van der Waals surface area contributed by atoms with Crippen molar-refractivity contribution >= 4 is 43.6 Å². The SMILES string of the molecule is [2H]c1c([2H])c([2H])c(-c2cccc3c2c2cc(-c4c([2H])c([2H])c5c(c4[2H])c4c([2H])c([2H])c([2H])c([2H])c4n5-c4ccccc4)ccc2n3-c2ccc(-c3ccccc3)cc2)c([2H])c1[2H]. The van der Waals surface area contributed by atoms with Gasteiger partial charge >= 0.3 is 0 Å². The zero-order chi connectivity index (χ0) is 43.5. The van der Waals surface area contributed by atoms with E-state index < -0.39 is 30.2 Å². The van der Waals surface area contributed by atoms with Crippen LogP contribution in [0, 0.1) is 0 Å². The third kappa shape index (κ3) is 4.50. The predicted octanol–water partition coefficient (Wildman–Crippen LogP) is 12.9. The van der Waals surface area contributed by atoms with Gasteiger partial charge in [-0.3, -0.25) is 0 Å². The van der Waals surface area contributed by atoms with Gasteiger partial charge in [-0.25, -0.2) is 0 Å². The van der Waals surface area contributed by atoms with Gasteiger partial charge in [-0.2, -0.15) is 0 Å². The maximum Gasteiger partial charge on any atom is 0.0645 e.